The molecule has 188 valence electrons. The summed E-state index contributed by atoms with van der Waals surface area (Å²) in [6, 6.07) is -1.64. The Morgan fingerprint density at radius 2 is 1.55 bits per heavy atom. The lowest BCUT2D eigenvalue weighted by atomic mass is 9.84. The third-order valence-corrected chi connectivity index (χ3v) is 7.62. The smallest absolute Gasteiger partial charge is 0.408 e. The summed E-state index contributed by atoms with van der Waals surface area (Å²) in [5.41, 5.74) is -2.16. The second-order valence-corrected chi connectivity index (χ2v) is 13.1. The number of nitrogens with one attached hydrogen (secondary N) is 3. The van der Waals surface area contributed by atoms with Gasteiger partial charge >= 0.3 is 12.1 Å². The highest BCUT2D eigenvalue weighted by Gasteiger charge is 2.44. The number of alkyl carbamates (subject to hydrolysis) is 1. The molecule has 33 heavy (non-hydrogen) atoms. The minimum Gasteiger partial charge on any atom is -0.458 e. The number of carbonyl (C=O) groups excluding carboxylic acids is 4. The normalized spacial score (nSPS) is 24.7. The van der Waals surface area contributed by atoms with E-state index >= 15 is 0 Å². The predicted octanol–water partition coefficient (Wildman–Crippen LogP) is 2.78. The van der Waals surface area contributed by atoms with Gasteiger partial charge in [-0.25, -0.2) is 9.59 Å². The molecule has 2 atom stereocenters. The van der Waals surface area contributed by atoms with Crippen LogP contribution in [0.5, 0.6) is 0 Å². The van der Waals surface area contributed by atoms with Gasteiger partial charge in [0.1, 0.15) is 23.3 Å². The van der Waals surface area contributed by atoms with Crippen LogP contribution in [0.25, 0.3) is 0 Å². The molecule has 0 aromatic carbocycles. The van der Waals surface area contributed by atoms with Gasteiger partial charge in [0.15, 0.2) is 0 Å². The lowest BCUT2D eigenvalue weighted by Crippen LogP contribution is -2.56. The molecule has 3 N–H and O–H groups in total. The van der Waals surface area contributed by atoms with E-state index in [2.05, 4.69) is 16.0 Å². The van der Waals surface area contributed by atoms with E-state index < -0.39 is 40.8 Å². The van der Waals surface area contributed by atoms with E-state index in [1.54, 1.807) is 41.5 Å². The fraction of sp³-hybridized carbons (Fsp3) is 0.818. The van der Waals surface area contributed by atoms with Gasteiger partial charge in [-0.15, -0.1) is 0 Å². The molecule has 0 radical (unpaired) electrons. The van der Waals surface area contributed by atoms with Crippen LogP contribution in [0.3, 0.4) is 0 Å². The molecular weight excluding hydrogens is 466 g/mol. The molecule has 2 aliphatic rings. The topological polar surface area (TPSA) is 123 Å². The highest BCUT2D eigenvalue weighted by molar-refractivity contribution is 8.76. The highest BCUT2D eigenvalue weighted by Crippen LogP contribution is 2.38. The zero-order valence-electron chi connectivity index (χ0n) is 20.4. The molecule has 0 aromatic heterocycles. The number of hydrogen-bond donors (Lipinski definition) is 3. The van der Waals surface area contributed by atoms with E-state index in [-0.39, 0.29) is 29.9 Å². The summed E-state index contributed by atoms with van der Waals surface area (Å²) in [5, 5.41) is 8.37. The fourth-order valence-electron chi connectivity index (χ4n) is 3.63. The van der Waals surface area contributed by atoms with Crippen LogP contribution in [0, 0.1) is 5.41 Å². The molecule has 11 heteroatoms. The van der Waals surface area contributed by atoms with E-state index in [9.17, 15) is 19.2 Å². The third kappa shape index (κ3) is 8.92. The molecule has 1 spiro atoms. The van der Waals surface area contributed by atoms with Crippen molar-refractivity contribution in [3.05, 3.63) is 0 Å². The maximum absolute atomic E-state index is 13.3. The van der Waals surface area contributed by atoms with E-state index in [0.717, 1.165) is 12.8 Å². The van der Waals surface area contributed by atoms with Crippen molar-refractivity contribution in [2.45, 2.75) is 90.5 Å². The van der Waals surface area contributed by atoms with Crippen molar-refractivity contribution < 1.29 is 28.7 Å². The zero-order chi connectivity index (χ0) is 24.9. The van der Waals surface area contributed by atoms with Crippen LogP contribution in [-0.4, -0.2) is 65.2 Å². The summed E-state index contributed by atoms with van der Waals surface area (Å²) >= 11 is 0. The van der Waals surface area contributed by atoms with Crippen molar-refractivity contribution in [3.8, 4) is 0 Å². The Morgan fingerprint density at radius 3 is 2.12 bits per heavy atom. The van der Waals surface area contributed by atoms with Gasteiger partial charge in [0.05, 0.1) is 5.41 Å². The number of rotatable bonds is 2. The van der Waals surface area contributed by atoms with Crippen molar-refractivity contribution in [1.29, 1.82) is 0 Å². The van der Waals surface area contributed by atoms with Crippen LogP contribution in [0.1, 0.15) is 67.2 Å². The van der Waals surface area contributed by atoms with Gasteiger partial charge in [-0.05, 0) is 54.4 Å². The van der Waals surface area contributed by atoms with E-state index in [4.69, 9.17) is 9.47 Å². The van der Waals surface area contributed by atoms with Gasteiger partial charge in [0, 0.05) is 18.1 Å². The minimum atomic E-state index is -0.835. The quantitative estimate of drug-likeness (QED) is 0.388. The Kier molecular flexibility index (Phi) is 9.38. The molecule has 2 rings (SSSR count). The van der Waals surface area contributed by atoms with E-state index in [1.165, 1.54) is 21.6 Å². The third-order valence-electron chi connectivity index (χ3n) is 5.20. The zero-order valence-corrected chi connectivity index (χ0v) is 22.0. The minimum absolute atomic E-state index is 0.142. The number of amides is 3. The Bertz CT molecular complexity index is 741. The van der Waals surface area contributed by atoms with Gasteiger partial charge < -0.3 is 25.4 Å². The molecule has 2 fully saturated rings. The molecule has 0 aromatic rings. The molecule has 1 aliphatic heterocycles. The van der Waals surface area contributed by atoms with Gasteiger partial charge in [0.2, 0.25) is 11.8 Å². The Balaban J connectivity index is 2.19. The van der Waals surface area contributed by atoms with Crippen LogP contribution in [0.15, 0.2) is 0 Å². The van der Waals surface area contributed by atoms with Crippen LogP contribution >= 0.6 is 21.6 Å². The average molecular weight is 504 g/mol. The first-order valence-corrected chi connectivity index (χ1v) is 13.8. The van der Waals surface area contributed by atoms with E-state index in [0.29, 0.717) is 12.8 Å². The van der Waals surface area contributed by atoms with E-state index in [1.807, 2.05) is 0 Å². The lowest BCUT2D eigenvalue weighted by molar-refractivity contribution is -0.158. The van der Waals surface area contributed by atoms with Crippen molar-refractivity contribution in [3.63, 3.8) is 0 Å². The molecule has 1 unspecified atom stereocenters. The van der Waals surface area contributed by atoms with Crippen molar-refractivity contribution in [2.75, 3.05) is 18.1 Å². The van der Waals surface area contributed by atoms with Crippen LogP contribution < -0.4 is 16.0 Å². The molecule has 1 saturated heterocycles. The van der Waals surface area contributed by atoms with Gasteiger partial charge in [0.25, 0.3) is 0 Å². The Hall–Kier alpha value is -1.62. The fourth-order valence-corrected chi connectivity index (χ4v) is 5.95. The molecular formula is C22H37N3O6S2. The van der Waals surface area contributed by atoms with Crippen LogP contribution in [-0.2, 0) is 23.9 Å². The van der Waals surface area contributed by atoms with Crippen molar-refractivity contribution in [1.82, 2.24) is 16.0 Å². The predicted molar refractivity (Wildman–Crippen MR) is 130 cm³/mol. The number of ether oxygens (including phenoxy) is 2. The summed E-state index contributed by atoms with van der Waals surface area (Å²) in [7, 11) is 2.67. The molecule has 1 saturated carbocycles. The van der Waals surface area contributed by atoms with Gasteiger partial charge in [-0.2, -0.15) is 0 Å². The van der Waals surface area contributed by atoms with Crippen molar-refractivity contribution in [2.24, 2.45) is 5.41 Å². The SMILES string of the molecule is CC(C)(C)OC(=O)NC1CSSC[C@H](C(=O)OC(C)(C)C)NC(=O)C2(CCCC2)CNC1=O. The summed E-state index contributed by atoms with van der Waals surface area (Å²) in [6.07, 6.45) is 2.29. The number of carbonyl (C=O) groups is 4. The second-order valence-electron chi connectivity index (χ2n) is 10.5. The molecule has 1 heterocycles. The second kappa shape index (κ2) is 11.2. The van der Waals surface area contributed by atoms with Gasteiger partial charge in [-0.3, -0.25) is 9.59 Å². The summed E-state index contributed by atoms with van der Waals surface area (Å²) in [6.45, 7) is 10.7. The summed E-state index contributed by atoms with van der Waals surface area (Å²) in [5.74, 6) is -0.544. The number of esters is 1. The largest absolute Gasteiger partial charge is 0.458 e. The highest BCUT2D eigenvalue weighted by atomic mass is 33.1. The Labute approximate surface area is 204 Å². The van der Waals surface area contributed by atoms with Gasteiger partial charge in [-0.1, -0.05) is 34.4 Å². The standard InChI is InChI=1S/C22H37N3O6S2/c1-20(2,3)30-17(27)15-12-33-32-11-14(25-19(29)31-21(4,5)6)16(26)23-13-22(18(28)24-15)9-7-8-10-22/h14-15H,7-13H2,1-6H3,(H,23,26)(H,24,28)(H,25,29)/t14?,15-/m1/s1. The Morgan fingerprint density at radius 1 is 0.970 bits per heavy atom. The maximum Gasteiger partial charge on any atom is 0.408 e. The first kappa shape index (κ1) is 27.6. The summed E-state index contributed by atoms with van der Waals surface area (Å²) < 4.78 is 10.8. The average Bonchev–Trinajstić information content (AvgIpc) is 3.14. The maximum atomic E-state index is 13.3. The molecule has 9 nitrogen and oxygen atoms in total. The molecule has 3 amide bonds. The van der Waals surface area contributed by atoms with Crippen LogP contribution in [0.2, 0.25) is 0 Å². The monoisotopic (exact) mass is 503 g/mol. The number of hydrogen-bond acceptors (Lipinski definition) is 8. The summed E-state index contributed by atoms with van der Waals surface area (Å²) in [4.78, 5) is 51.2. The first-order chi connectivity index (χ1) is 15.2. The first-order valence-electron chi connectivity index (χ1n) is 11.3. The van der Waals surface area contributed by atoms with Crippen molar-refractivity contribution >= 4 is 45.5 Å². The lowest BCUT2D eigenvalue weighted by Gasteiger charge is -2.32. The van der Waals surface area contributed by atoms with Crippen LogP contribution in [0.4, 0.5) is 4.79 Å². The molecule has 1 aliphatic carbocycles. The molecule has 0 bridgehead atoms.